The zero-order valence-electron chi connectivity index (χ0n) is 15.6. The second kappa shape index (κ2) is 7.71. The normalized spacial score (nSPS) is 15.0. The van der Waals surface area contributed by atoms with Crippen LogP contribution in [0.2, 0.25) is 0 Å². The van der Waals surface area contributed by atoms with E-state index in [0.717, 1.165) is 18.4 Å². The Labute approximate surface area is 164 Å². The number of nitrogens with zero attached hydrogens (tertiary/aromatic N) is 3. The quantitative estimate of drug-likeness (QED) is 0.680. The average molecular weight is 398 g/mol. The molecule has 2 aromatic heterocycles. The number of aromatic nitrogens is 3. The van der Waals surface area contributed by atoms with Gasteiger partial charge in [-0.25, -0.2) is 23.4 Å². The van der Waals surface area contributed by atoms with E-state index in [-0.39, 0.29) is 11.0 Å². The van der Waals surface area contributed by atoms with Crippen molar-refractivity contribution in [2.24, 2.45) is 0 Å². The SMILES string of the molecule is CS(=O)(=O)c1ccc2ncnc(NCc3ccnc(OC4CCCC4)c3)c2c1. The monoisotopic (exact) mass is 398 g/mol. The number of sulfone groups is 1. The summed E-state index contributed by atoms with van der Waals surface area (Å²) < 4.78 is 29.7. The van der Waals surface area contributed by atoms with Crippen molar-refractivity contribution in [3.63, 3.8) is 0 Å². The minimum Gasteiger partial charge on any atom is -0.474 e. The zero-order valence-corrected chi connectivity index (χ0v) is 16.4. The van der Waals surface area contributed by atoms with Crippen LogP contribution in [0.3, 0.4) is 0 Å². The molecule has 1 aromatic carbocycles. The molecule has 0 aliphatic heterocycles. The maximum Gasteiger partial charge on any atom is 0.213 e. The molecule has 4 rings (SSSR count). The first-order valence-corrected chi connectivity index (χ1v) is 11.2. The van der Waals surface area contributed by atoms with Gasteiger partial charge in [0.2, 0.25) is 5.88 Å². The molecule has 1 fully saturated rings. The van der Waals surface area contributed by atoms with Crippen molar-refractivity contribution in [1.29, 1.82) is 0 Å². The third kappa shape index (κ3) is 4.22. The molecule has 1 saturated carbocycles. The van der Waals surface area contributed by atoms with Gasteiger partial charge in [0.15, 0.2) is 9.84 Å². The Morgan fingerprint density at radius 2 is 1.93 bits per heavy atom. The van der Waals surface area contributed by atoms with Crippen LogP contribution in [0.25, 0.3) is 10.9 Å². The minimum atomic E-state index is -3.30. The predicted molar refractivity (Wildman–Crippen MR) is 107 cm³/mol. The molecule has 0 unspecified atom stereocenters. The van der Waals surface area contributed by atoms with Crippen molar-refractivity contribution in [2.45, 2.75) is 43.2 Å². The van der Waals surface area contributed by atoms with Crippen LogP contribution in [0.5, 0.6) is 5.88 Å². The summed E-state index contributed by atoms with van der Waals surface area (Å²) in [6, 6.07) is 8.70. The fourth-order valence-electron chi connectivity index (χ4n) is 3.39. The Hall–Kier alpha value is -2.74. The van der Waals surface area contributed by atoms with Crippen molar-refractivity contribution in [2.75, 3.05) is 11.6 Å². The van der Waals surface area contributed by atoms with Gasteiger partial charge < -0.3 is 10.1 Å². The van der Waals surface area contributed by atoms with Gasteiger partial charge in [-0.15, -0.1) is 0 Å². The Bertz CT molecular complexity index is 1100. The molecular formula is C20H22N4O3S. The van der Waals surface area contributed by atoms with E-state index in [1.165, 1.54) is 25.4 Å². The molecule has 0 radical (unpaired) electrons. The Kier molecular flexibility index (Phi) is 5.13. The molecule has 146 valence electrons. The first-order valence-electron chi connectivity index (χ1n) is 9.29. The molecule has 3 aromatic rings. The number of hydrogen-bond acceptors (Lipinski definition) is 7. The lowest BCUT2D eigenvalue weighted by atomic mass is 10.2. The zero-order chi connectivity index (χ0) is 19.6. The highest BCUT2D eigenvalue weighted by Crippen LogP contribution is 2.25. The van der Waals surface area contributed by atoms with Crippen LogP contribution in [0.1, 0.15) is 31.2 Å². The van der Waals surface area contributed by atoms with Gasteiger partial charge in [0.1, 0.15) is 18.2 Å². The number of rotatable bonds is 6. The summed E-state index contributed by atoms with van der Waals surface area (Å²) in [6.07, 6.45) is 9.24. The molecule has 1 aliphatic rings. The van der Waals surface area contributed by atoms with E-state index in [0.29, 0.717) is 29.1 Å². The van der Waals surface area contributed by atoms with Crippen LogP contribution < -0.4 is 10.1 Å². The molecule has 7 nitrogen and oxygen atoms in total. The molecule has 0 saturated heterocycles. The highest BCUT2D eigenvalue weighted by Gasteiger charge is 2.17. The average Bonchev–Trinajstić information content (AvgIpc) is 3.18. The van der Waals surface area contributed by atoms with Crippen LogP contribution in [0, 0.1) is 0 Å². The maximum absolute atomic E-state index is 11.9. The first-order chi connectivity index (χ1) is 13.5. The largest absolute Gasteiger partial charge is 0.474 e. The van der Waals surface area contributed by atoms with Gasteiger partial charge >= 0.3 is 0 Å². The van der Waals surface area contributed by atoms with Crippen LogP contribution >= 0.6 is 0 Å². The minimum absolute atomic E-state index is 0.244. The second-order valence-corrected chi connectivity index (χ2v) is 9.07. The number of benzene rings is 1. The van der Waals surface area contributed by atoms with E-state index >= 15 is 0 Å². The van der Waals surface area contributed by atoms with Crippen molar-refractivity contribution in [3.8, 4) is 5.88 Å². The molecule has 1 N–H and O–H groups in total. The Morgan fingerprint density at radius 1 is 1.11 bits per heavy atom. The lowest BCUT2D eigenvalue weighted by Gasteiger charge is -2.13. The topological polar surface area (TPSA) is 94.1 Å². The van der Waals surface area contributed by atoms with Crippen LogP contribution in [0.4, 0.5) is 5.82 Å². The third-order valence-electron chi connectivity index (χ3n) is 4.88. The summed E-state index contributed by atoms with van der Waals surface area (Å²) in [5.74, 6) is 1.23. The van der Waals surface area contributed by atoms with E-state index in [9.17, 15) is 8.42 Å². The molecule has 1 aliphatic carbocycles. The fraction of sp³-hybridized carbons (Fsp3) is 0.350. The predicted octanol–water partition coefficient (Wildman–Crippen LogP) is 3.36. The van der Waals surface area contributed by atoms with Crippen LogP contribution in [-0.2, 0) is 16.4 Å². The van der Waals surface area contributed by atoms with Crippen LogP contribution in [0.15, 0.2) is 47.8 Å². The van der Waals surface area contributed by atoms with E-state index in [1.807, 2.05) is 12.1 Å². The summed E-state index contributed by atoms with van der Waals surface area (Å²) in [7, 11) is -3.30. The van der Waals surface area contributed by atoms with E-state index < -0.39 is 9.84 Å². The molecular weight excluding hydrogens is 376 g/mol. The van der Waals surface area contributed by atoms with E-state index in [1.54, 1.807) is 24.4 Å². The fourth-order valence-corrected chi connectivity index (χ4v) is 4.04. The molecule has 0 bridgehead atoms. The number of hydrogen-bond donors (Lipinski definition) is 1. The molecule has 8 heteroatoms. The highest BCUT2D eigenvalue weighted by atomic mass is 32.2. The summed E-state index contributed by atoms with van der Waals surface area (Å²) >= 11 is 0. The molecule has 0 amide bonds. The van der Waals surface area contributed by atoms with Gasteiger partial charge in [-0.05, 0) is 55.5 Å². The van der Waals surface area contributed by atoms with Gasteiger partial charge in [-0.3, -0.25) is 0 Å². The number of ether oxygens (including phenoxy) is 1. The van der Waals surface area contributed by atoms with E-state index in [2.05, 4.69) is 20.3 Å². The smallest absolute Gasteiger partial charge is 0.213 e. The van der Waals surface area contributed by atoms with Crippen molar-refractivity contribution < 1.29 is 13.2 Å². The van der Waals surface area contributed by atoms with Gasteiger partial charge in [-0.2, -0.15) is 0 Å². The molecule has 2 heterocycles. The van der Waals surface area contributed by atoms with Gasteiger partial charge in [0.05, 0.1) is 10.4 Å². The summed E-state index contributed by atoms with van der Waals surface area (Å²) in [6.45, 7) is 0.513. The van der Waals surface area contributed by atoms with Gasteiger partial charge in [0.25, 0.3) is 0 Å². The summed E-state index contributed by atoms with van der Waals surface area (Å²) in [4.78, 5) is 13.1. The number of pyridine rings is 1. The summed E-state index contributed by atoms with van der Waals surface area (Å²) in [5, 5.41) is 3.94. The van der Waals surface area contributed by atoms with Crippen molar-refractivity contribution >= 4 is 26.6 Å². The molecule has 0 spiro atoms. The highest BCUT2D eigenvalue weighted by molar-refractivity contribution is 7.90. The van der Waals surface area contributed by atoms with Crippen molar-refractivity contribution in [3.05, 3.63) is 48.4 Å². The van der Waals surface area contributed by atoms with E-state index in [4.69, 9.17) is 4.74 Å². The van der Waals surface area contributed by atoms with Crippen LogP contribution in [-0.4, -0.2) is 35.7 Å². The number of nitrogens with one attached hydrogen (secondary N) is 1. The third-order valence-corrected chi connectivity index (χ3v) is 5.99. The summed E-state index contributed by atoms with van der Waals surface area (Å²) in [5.41, 5.74) is 1.69. The molecule has 28 heavy (non-hydrogen) atoms. The Balaban J connectivity index is 1.54. The maximum atomic E-state index is 11.9. The lowest BCUT2D eigenvalue weighted by Crippen LogP contribution is -2.12. The second-order valence-electron chi connectivity index (χ2n) is 7.05. The van der Waals surface area contributed by atoms with Gasteiger partial charge in [-0.1, -0.05) is 0 Å². The standard InChI is InChI=1S/C20H22N4O3S/c1-28(25,26)16-6-7-18-17(11-16)20(24-13-23-18)22-12-14-8-9-21-19(10-14)27-15-4-2-3-5-15/h6-11,13,15H,2-5,12H2,1H3,(H,22,23,24). The number of anilines is 1. The number of fused-ring (bicyclic) bond motifs is 1. The lowest BCUT2D eigenvalue weighted by molar-refractivity contribution is 0.201. The van der Waals surface area contributed by atoms with Gasteiger partial charge in [0, 0.05) is 30.4 Å². The first kappa shape index (κ1) is 18.6. The Morgan fingerprint density at radius 3 is 2.71 bits per heavy atom. The van der Waals surface area contributed by atoms with Crippen molar-refractivity contribution in [1.82, 2.24) is 15.0 Å². The molecule has 0 atom stereocenters.